The minimum absolute atomic E-state index is 0.0156. The zero-order valence-electron chi connectivity index (χ0n) is 14.9. The van der Waals surface area contributed by atoms with Crippen molar-refractivity contribution < 1.29 is 4.79 Å². The Bertz CT molecular complexity index is 1050. The lowest BCUT2D eigenvalue weighted by Gasteiger charge is -2.06. The van der Waals surface area contributed by atoms with Gasteiger partial charge in [0, 0.05) is 34.3 Å². The van der Waals surface area contributed by atoms with Gasteiger partial charge in [-0.3, -0.25) is 9.20 Å². The average molecular weight is 394 g/mol. The van der Waals surface area contributed by atoms with Crippen molar-refractivity contribution in [2.24, 2.45) is 0 Å². The van der Waals surface area contributed by atoms with Crippen LogP contribution in [0.1, 0.15) is 11.3 Å². The summed E-state index contributed by atoms with van der Waals surface area (Å²) in [5, 5.41) is 5.05. The predicted molar refractivity (Wildman–Crippen MR) is 114 cm³/mol. The van der Waals surface area contributed by atoms with E-state index < -0.39 is 0 Å². The van der Waals surface area contributed by atoms with Crippen LogP contribution in [-0.4, -0.2) is 21.0 Å². The summed E-state index contributed by atoms with van der Waals surface area (Å²) in [6.45, 7) is 2.07. The molecule has 0 radical (unpaired) electrons. The second-order valence-corrected chi connectivity index (χ2v) is 8.08. The van der Waals surface area contributed by atoms with E-state index in [1.54, 1.807) is 23.1 Å². The van der Waals surface area contributed by atoms with Gasteiger partial charge >= 0.3 is 0 Å². The lowest BCUT2D eigenvalue weighted by Crippen LogP contribution is -2.14. The largest absolute Gasteiger partial charge is 0.325 e. The third kappa shape index (κ3) is 4.23. The van der Waals surface area contributed by atoms with E-state index in [4.69, 9.17) is 0 Å². The smallest absolute Gasteiger partial charge is 0.234 e. The van der Waals surface area contributed by atoms with Gasteiger partial charge in [0.2, 0.25) is 5.91 Å². The van der Waals surface area contributed by atoms with E-state index >= 15 is 0 Å². The van der Waals surface area contributed by atoms with Crippen molar-refractivity contribution in [1.29, 1.82) is 0 Å². The number of thioether (sulfide) groups is 1. The number of carbonyl (C=O) groups is 1. The molecule has 4 nitrogen and oxygen atoms in total. The standard InChI is InChI=1S/C21H19N3OS2/c1-15-12-27-21-23-19(11-24(15)21)17-7-9-18(10-8-17)22-20(25)14-26-13-16-5-3-2-4-6-16/h2-12H,13-14H2,1H3,(H,22,25). The molecule has 2 heterocycles. The van der Waals surface area contributed by atoms with Gasteiger partial charge < -0.3 is 5.32 Å². The summed E-state index contributed by atoms with van der Waals surface area (Å²) in [5.41, 5.74) is 5.21. The molecule has 27 heavy (non-hydrogen) atoms. The van der Waals surface area contributed by atoms with Crippen molar-refractivity contribution in [3.05, 3.63) is 77.4 Å². The number of hydrogen-bond acceptors (Lipinski definition) is 4. The molecule has 4 aromatic rings. The number of anilines is 1. The van der Waals surface area contributed by atoms with Crippen molar-refractivity contribution in [1.82, 2.24) is 9.38 Å². The normalized spacial score (nSPS) is 11.0. The van der Waals surface area contributed by atoms with E-state index in [9.17, 15) is 4.79 Å². The average Bonchev–Trinajstić information content (AvgIpc) is 3.25. The lowest BCUT2D eigenvalue weighted by molar-refractivity contribution is -0.113. The Kier molecular flexibility index (Phi) is 5.27. The Labute approximate surface area is 166 Å². The van der Waals surface area contributed by atoms with Crippen molar-refractivity contribution >= 4 is 39.7 Å². The van der Waals surface area contributed by atoms with E-state index in [1.165, 1.54) is 11.3 Å². The van der Waals surface area contributed by atoms with Crippen molar-refractivity contribution in [2.75, 3.05) is 11.1 Å². The maximum absolute atomic E-state index is 12.1. The van der Waals surface area contributed by atoms with Gasteiger partial charge in [0.15, 0.2) is 4.96 Å². The first kappa shape index (κ1) is 17.8. The van der Waals surface area contributed by atoms with Crippen LogP contribution in [0.15, 0.2) is 66.2 Å². The molecule has 1 amide bonds. The van der Waals surface area contributed by atoms with E-state index in [2.05, 4.69) is 45.3 Å². The number of amides is 1. The molecule has 0 fully saturated rings. The van der Waals surface area contributed by atoms with Crippen LogP contribution >= 0.6 is 23.1 Å². The van der Waals surface area contributed by atoms with Crippen LogP contribution in [0.5, 0.6) is 0 Å². The molecule has 0 unspecified atom stereocenters. The predicted octanol–water partition coefficient (Wildman–Crippen LogP) is 5.24. The molecule has 0 atom stereocenters. The summed E-state index contributed by atoms with van der Waals surface area (Å²) in [6, 6.07) is 18.0. The maximum atomic E-state index is 12.1. The quantitative estimate of drug-likeness (QED) is 0.487. The van der Waals surface area contributed by atoms with Crippen LogP contribution in [-0.2, 0) is 10.5 Å². The number of fused-ring (bicyclic) bond motifs is 1. The van der Waals surface area contributed by atoms with Gasteiger partial charge in [0.25, 0.3) is 0 Å². The summed E-state index contributed by atoms with van der Waals surface area (Å²) in [7, 11) is 0. The molecule has 6 heteroatoms. The highest BCUT2D eigenvalue weighted by Crippen LogP contribution is 2.24. The van der Waals surface area contributed by atoms with Gasteiger partial charge in [-0.05, 0) is 24.6 Å². The molecular formula is C21H19N3OS2. The van der Waals surface area contributed by atoms with E-state index in [0.29, 0.717) is 5.75 Å². The van der Waals surface area contributed by atoms with Crippen molar-refractivity contribution in [3.63, 3.8) is 0 Å². The Balaban J connectivity index is 1.33. The second-order valence-electron chi connectivity index (χ2n) is 6.26. The van der Waals surface area contributed by atoms with E-state index in [0.717, 1.165) is 27.7 Å². The molecular weight excluding hydrogens is 374 g/mol. The molecule has 0 aliphatic rings. The zero-order valence-corrected chi connectivity index (χ0v) is 16.5. The van der Waals surface area contributed by atoms with Crippen LogP contribution in [0.3, 0.4) is 0 Å². The summed E-state index contributed by atoms with van der Waals surface area (Å²) in [5.74, 6) is 1.29. The zero-order chi connectivity index (χ0) is 18.6. The first-order valence-electron chi connectivity index (χ1n) is 8.64. The van der Waals surface area contributed by atoms with Gasteiger partial charge in [0.1, 0.15) is 0 Å². The number of benzene rings is 2. The topological polar surface area (TPSA) is 46.4 Å². The number of thiazole rings is 1. The Hall–Kier alpha value is -2.57. The van der Waals surface area contributed by atoms with Crippen molar-refractivity contribution in [2.45, 2.75) is 12.7 Å². The molecule has 0 saturated carbocycles. The molecule has 1 N–H and O–H groups in total. The van der Waals surface area contributed by atoms with Crippen LogP contribution < -0.4 is 5.32 Å². The molecule has 0 spiro atoms. The molecule has 0 aliphatic carbocycles. The van der Waals surface area contributed by atoms with Gasteiger partial charge in [-0.1, -0.05) is 42.5 Å². The fourth-order valence-electron chi connectivity index (χ4n) is 2.79. The summed E-state index contributed by atoms with van der Waals surface area (Å²) in [4.78, 5) is 17.8. The summed E-state index contributed by atoms with van der Waals surface area (Å²) < 4.78 is 2.10. The third-order valence-electron chi connectivity index (χ3n) is 4.20. The highest BCUT2D eigenvalue weighted by atomic mass is 32.2. The van der Waals surface area contributed by atoms with Gasteiger partial charge in [-0.2, -0.15) is 0 Å². The molecule has 136 valence electrons. The van der Waals surface area contributed by atoms with Crippen LogP contribution in [0.2, 0.25) is 0 Å². The van der Waals surface area contributed by atoms with E-state index in [1.807, 2.05) is 42.5 Å². The number of hydrogen-bond donors (Lipinski definition) is 1. The second kappa shape index (κ2) is 7.98. The molecule has 0 bridgehead atoms. The maximum Gasteiger partial charge on any atom is 0.234 e. The Morgan fingerprint density at radius 2 is 1.93 bits per heavy atom. The van der Waals surface area contributed by atoms with Crippen molar-refractivity contribution in [3.8, 4) is 11.3 Å². The first-order valence-corrected chi connectivity index (χ1v) is 10.7. The van der Waals surface area contributed by atoms with Gasteiger partial charge in [-0.25, -0.2) is 4.98 Å². The van der Waals surface area contributed by atoms with Crippen LogP contribution in [0.25, 0.3) is 16.2 Å². The Morgan fingerprint density at radius 3 is 2.67 bits per heavy atom. The molecule has 0 saturated heterocycles. The SMILES string of the molecule is Cc1csc2nc(-c3ccc(NC(=O)CSCc4ccccc4)cc3)cn12. The minimum Gasteiger partial charge on any atom is -0.325 e. The summed E-state index contributed by atoms with van der Waals surface area (Å²) in [6.07, 6.45) is 2.05. The fourth-order valence-corrected chi connectivity index (χ4v) is 4.43. The number of nitrogens with zero attached hydrogens (tertiary/aromatic N) is 2. The molecule has 2 aromatic heterocycles. The fraction of sp³-hybridized carbons (Fsp3) is 0.143. The van der Waals surface area contributed by atoms with E-state index in [-0.39, 0.29) is 5.91 Å². The van der Waals surface area contributed by atoms with Gasteiger partial charge in [-0.15, -0.1) is 23.1 Å². The highest BCUT2D eigenvalue weighted by molar-refractivity contribution is 7.99. The lowest BCUT2D eigenvalue weighted by atomic mass is 10.1. The number of imidazole rings is 1. The molecule has 2 aromatic carbocycles. The van der Waals surface area contributed by atoms with Gasteiger partial charge in [0.05, 0.1) is 11.4 Å². The minimum atomic E-state index is 0.0156. The number of nitrogens with one attached hydrogen (secondary N) is 1. The number of carbonyl (C=O) groups excluding carboxylic acids is 1. The molecule has 0 aliphatic heterocycles. The monoisotopic (exact) mass is 393 g/mol. The summed E-state index contributed by atoms with van der Waals surface area (Å²) >= 11 is 3.25. The van der Waals surface area contributed by atoms with Crippen LogP contribution in [0.4, 0.5) is 5.69 Å². The first-order chi connectivity index (χ1) is 13.2. The van der Waals surface area contributed by atoms with Crippen LogP contribution in [0, 0.1) is 6.92 Å². The highest BCUT2D eigenvalue weighted by Gasteiger charge is 2.08. The Morgan fingerprint density at radius 1 is 1.15 bits per heavy atom. The number of rotatable bonds is 6. The number of aryl methyl sites for hydroxylation is 1. The number of aromatic nitrogens is 2. The third-order valence-corrected chi connectivity index (χ3v) is 6.16. The molecule has 4 rings (SSSR count).